The fourth-order valence-corrected chi connectivity index (χ4v) is 2.57. The van der Waals surface area contributed by atoms with Crippen LogP contribution in [0.4, 0.5) is 10.1 Å². The van der Waals surface area contributed by atoms with Gasteiger partial charge in [0.15, 0.2) is 5.78 Å². The van der Waals surface area contributed by atoms with E-state index in [0.29, 0.717) is 50.4 Å². The van der Waals surface area contributed by atoms with Crippen molar-refractivity contribution in [1.82, 2.24) is 10.2 Å². The van der Waals surface area contributed by atoms with Crippen molar-refractivity contribution >= 4 is 17.4 Å². The molecular weight excluding hydrogens is 285 g/mol. The lowest BCUT2D eigenvalue weighted by Gasteiger charge is -2.36. The normalized spacial score (nSPS) is 15.0. The standard InChI is InChI=1S/C16H22FN3O2/c1-12(21)13-3-4-15(14(17)11-13)19-7-9-20(10-8-19)16(22)5-6-18-2/h3-4,11,18H,5-10H2,1-2H3. The summed E-state index contributed by atoms with van der Waals surface area (Å²) in [6.45, 7) is 4.47. The van der Waals surface area contributed by atoms with Crippen LogP contribution in [0.3, 0.4) is 0 Å². The Bertz CT molecular complexity index is 554. The third-order valence-corrected chi connectivity index (χ3v) is 3.92. The molecule has 1 fully saturated rings. The zero-order valence-corrected chi connectivity index (χ0v) is 13.1. The fraction of sp³-hybridized carbons (Fsp3) is 0.500. The van der Waals surface area contributed by atoms with Crippen LogP contribution in [0.5, 0.6) is 0 Å². The first-order valence-electron chi connectivity index (χ1n) is 7.50. The van der Waals surface area contributed by atoms with Gasteiger partial charge in [0.1, 0.15) is 5.82 Å². The van der Waals surface area contributed by atoms with Crippen molar-refractivity contribution in [3.8, 4) is 0 Å². The Kier molecular flexibility index (Phi) is 5.49. The van der Waals surface area contributed by atoms with Crippen molar-refractivity contribution < 1.29 is 14.0 Å². The van der Waals surface area contributed by atoms with Crippen molar-refractivity contribution in [2.45, 2.75) is 13.3 Å². The number of nitrogens with one attached hydrogen (secondary N) is 1. The lowest BCUT2D eigenvalue weighted by Crippen LogP contribution is -2.49. The topological polar surface area (TPSA) is 52.7 Å². The highest BCUT2D eigenvalue weighted by atomic mass is 19.1. The van der Waals surface area contributed by atoms with Crippen LogP contribution in [0.2, 0.25) is 0 Å². The highest BCUT2D eigenvalue weighted by Crippen LogP contribution is 2.22. The Hall–Kier alpha value is -1.95. The van der Waals surface area contributed by atoms with Gasteiger partial charge >= 0.3 is 0 Å². The van der Waals surface area contributed by atoms with E-state index in [1.54, 1.807) is 12.1 Å². The molecule has 1 aliphatic rings. The second kappa shape index (κ2) is 7.35. The Morgan fingerprint density at radius 3 is 2.45 bits per heavy atom. The molecule has 0 spiro atoms. The van der Waals surface area contributed by atoms with Crippen molar-refractivity contribution in [1.29, 1.82) is 0 Å². The number of amides is 1. The van der Waals surface area contributed by atoms with Gasteiger partial charge in [0, 0.05) is 44.7 Å². The predicted octanol–water partition coefficient (Wildman–Crippen LogP) is 1.29. The molecule has 120 valence electrons. The number of anilines is 1. The lowest BCUT2D eigenvalue weighted by atomic mass is 10.1. The molecule has 0 aliphatic carbocycles. The molecular formula is C16H22FN3O2. The molecule has 0 saturated carbocycles. The number of ketones is 1. The molecule has 1 aromatic carbocycles. The van der Waals surface area contributed by atoms with Crippen LogP contribution in [0.15, 0.2) is 18.2 Å². The summed E-state index contributed by atoms with van der Waals surface area (Å²) in [5.74, 6) is -0.408. The molecule has 0 bridgehead atoms. The number of benzene rings is 1. The van der Waals surface area contributed by atoms with E-state index in [-0.39, 0.29) is 17.5 Å². The molecule has 0 radical (unpaired) electrons. The molecule has 0 unspecified atom stereocenters. The molecule has 22 heavy (non-hydrogen) atoms. The van der Waals surface area contributed by atoms with E-state index in [9.17, 15) is 14.0 Å². The highest BCUT2D eigenvalue weighted by molar-refractivity contribution is 5.94. The van der Waals surface area contributed by atoms with Crippen molar-refractivity contribution in [2.75, 3.05) is 44.7 Å². The SMILES string of the molecule is CNCCC(=O)N1CCN(c2ccc(C(C)=O)cc2F)CC1. The zero-order chi connectivity index (χ0) is 16.1. The van der Waals surface area contributed by atoms with Gasteiger partial charge in [0.25, 0.3) is 0 Å². The number of halogens is 1. The molecule has 1 amide bonds. The van der Waals surface area contributed by atoms with Gasteiger partial charge in [-0.05, 0) is 32.2 Å². The molecule has 2 rings (SSSR count). The van der Waals surface area contributed by atoms with Gasteiger partial charge in [-0.1, -0.05) is 0 Å². The predicted molar refractivity (Wildman–Crippen MR) is 83.7 cm³/mol. The maximum Gasteiger partial charge on any atom is 0.223 e. The number of nitrogens with zero attached hydrogens (tertiary/aromatic N) is 2. The number of Topliss-reactive ketones (excluding diaryl/α,β-unsaturated/α-hetero) is 1. The Morgan fingerprint density at radius 2 is 1.91 bits per heavy atom. The first kappa shape index (κ1) is 16.4. The highest BCUT2D eigenvalue weighted by Gasteiger charge is 2.22. The molecule has 6 heteroatoms. The fourth-order valence-electron chi connectivity index (χ4n) is 2.57. The Balaban J connectivity index is 1.97. The molecule has 5 nitrogen and oxygen atoms in total. The average Bonchev–Trinajstić information content (AvgIpc) is 2.52. The van der Waals surface area contributed by atoms with Crippen LogP contribution in [0.1, 0.15) is 23.7 Å². The monoisotopic (exact) mass is 307 g/mol. The Labute approximate surface area is 130 Å². The summed E-state index contributed by atoms with van der Waals surface area (Å²) < 4.78 is 14.1. The minimum atomic E-state index is -0.386. The molecule has 0 aromatic heterocycles. The van der Waals surface area contributed by atoms with E-state index in [0.717, 1.165) is 0 Å². The molecule has 0 atom stereocenters. The van der Waals surface area contributed by atoms with E-state index in [1.807, 2.05) is 16.8 Å². The summed E-state index contributed by atoms with van der Waals surface area (Å²) in [7, 11) is 1.82. The van der Waals surface area contributed by atoms with Crippen LogP contribution in [0, 0.1) is 5.82 Å². The minimum Gasteiger partial charge on any atom is -0.366 e. The van der Waals surface area contributed by atoms with Gasteiger partial charge in [0.2, 0.25) is 5.91 Å². The minimum absolute atomic E-state index is 0.126. The van der Waals surface area contributed by atoms with Crippen LogP contribution in [0.25, 0.3) is 0 Å². The van der Waals surface area contributed by atoms with Gasteiger partial charge in [-0.3, -0.25) is 9.59 Å². The van der Waals surface area contributed by atoms with Gasteiger partial charge in [-0.25, -0.2) is 4.39 Å². The average molecular weight is 307 g/mol. The van der Waals surface area contributed by atoms with Gasteiger partial charge in [-0.2, -0.15) is 0 Å². The lowest BCUT2D eigenvalue weighted by molar-refractivity contribution is -0.131. The summed E-state index contributed by atoms with van der Waals surface area (Å²) in [6, 6.07) is 4.57. The molecule has 1 aromatic rings. The number of carbonyl (C=O) groups excluding carboxylic acids is 2. The summed E-state index contributed by atoms with van der Waals surface area (Å²) >= 11 is 0. The summed E-state index contributed by atoms with van der Waals surface area (Å²) in [5.41, 5.74) is 0.870. The molecule has 1 saturated heterocycles. The van der Waals surface area contributed by atoms with Crippen LogP contribution < -0.4 is 10.2 Å². The number of piperazine rings is 1. The largest absolute Gasteiger partial charge is 0.366 e. The maximum absolute atomic E-state index is 14.1. The van der Waals surface area contributed by atoms with Gasteiger partial charge in [-0.15, -0.1) is 0 Å². The summed E-state index contributed by atoms with van der Waals surface area (Å²) in [4.78, 5) is 26.9. The van der Waals surface area contributed by atoms with Crippen LogP contribution in [-0.2, 0) is 4.79 Å². The van der Waals surface area contributed by atoms with Gasteiger partial charge in [0.05, 0.1) is 5.69 Å². The Morgan fingerprint density at radius 1 is 1.23 bits per heavy atom. The van der Waals surface area contributed by atoms with Crippen LogP contribution in [-0.4, -0.2) is 56.4 Å². The summed E-state index contributed by atoms with van der Waals surface area (Å²) in [5, 5.41) is 2.96. The van der Waals surface area contributed by atoms with E-state index < -0.39 is 0 Å². The quantitative estimate of drug-likeness (QED) is 0.833. The third kappa shape index (κ3) is 3.82. The molecule has 1 heterocycles. The van der Waals surface area contributed by atoms with Crippen molar-refractivity contribution in [2.24, 2.45) is 0 Å². The number of carbonyl (C=O) groups is 2. The van der Waals surface area contributed by atoms with E-state index >= 15 is 0 Å². The van der Waals surface area contributed by atoms with Crippen molar-refractivity contribution in [3.05, 3.63) is 29.6 Å². The maximum atomic E-state index is 14.1. The second-order valence-electron chi connectivity index (χ2n) is 5.44. The van der Waals surface area contributed by atoms with E-state index in [4.69, 9.17) is 0 Å². The second-order valence-corrected chi connectivity index (χ2v) is 5.44. The first-order valence-corrected chi connectivity index (χ1v) is 7.50. The smallest absolute Gasteiger partial charge is 0.223 e. The summed E-state index contributed by atoms with van der Waals surface area (Å²) in [6.07, 6.45) is 0.484. The third-order valence-electron chi connectivity index (χ3n) is 3.92. The van der Waals surface area contributed by atoms with Crippen molar-refractivity contribution in [3.63, 3.8) is 0 Å². The van der Waals surface area contributed by atoms with E-state index in [1.165, 1.54) is 13.0 Å². The molecule has 1 N–H and O–H groups in total. The van der Waals surface area contributed by atoms with Crippen LogP contribution >= 0.6 is 0 Å². The zero-order valence-electron chi connectivity index (χ0n) is 13.1. The van der Waals surface area contributed by atoms with E-state index in [2.05, 4.69) is 5.32 Å². The van der Waals surface area contributed by atoms with Gasteiger partial charge < -0.3 is 15.1 Å². The number of hydrogen-bond donors (Lipinski definition) is 1. The molecule has 1 aliphatic heterocycles. The first-order chi connectivity index (χ1) is 10.5. The number of rotatable bonds is 5. The number of hydrogen-bond acceptors (Lipinski definition) is 4.